The van der Waals surface area contributed by atoms with Crippen LogP contribution in [0.3, 0.4) is 0 Å². The number of hydrogen-bond acceptors (Lipinski definition) is 8. The number of benzene rings is 2. The van der Waals surface area contributed by atoms with Gasteiger partial charge in [0, 0.05) is 19.1 Å². The predicted molar refractivity (Wildman–Crippen MR) is 169 cm³/mol. The molecule has 0 spiro atoms. The van der Waals surface area contributed by atoms with Crippen LogP contribution < -0.4 is 5.32 Å². The van der Waals surface area contributed by atoms with Gasteiger partial charge in [-0.25, -0.2) is 0 Å². The van der Waals surface area contributed by atoms with E-state index in [9.17, 15) is 28.8 Å². The zero-order valence-corrected chi connectivity index (χ0v) is 26.3. The van der Waals surface area contributed by atoms with E-state index in [-0.39, 0.29) is 54.3 Å². The molecule has 3 heterocycles. The van der Waals surface area contributed by atoms with Crippen molar-refractivity contribution in [2.45, 2.75) is 41.8 Å². The second-order valence-electron chi connectivity index (χ2n) is 11.4. The average molecular weight is 694 g/mol. The molecule has 1 saturated carbocycles. The largest absolute Gasteiger partial charge is 0.480 e. The Morgan fingerprint density at radius 1 is 0.867 bits per heavy atom. The minimum atomic E-state index is -1.01. The van der Waals surface area contributed by atoms with Gasteiger partial charge in [-0.2, -0.15) is 4.99 Å². The topological polar surface area (TPSA) is 154 Å². The molecule has 13 heteroatoms. The molecule has 45 heavy (non-hydrogen) atoms. The third-order valence-electron chi connectivity index (χ3n) is 8.57. The van der Waals surface area contributed by atoms with Crippen LogP contribution in [0.4, 0.5) is 0 Å². The molecule has 1 fully saturated rings. The molecule has 7 rings (SSSR count). The maximum atomic E-state index is 12.4. The molecule has 11 nitrogen and oxygen atoms in total. The lowest BCUT2D eigenvalue weighted by Crippen LogP contribution is -2.36. The van der Waals surface area contributed by atoms with E-state index in [1.54, 1.807) is 48.5 Å². The lowest BCUT2D eigenvalue weighted by atomic mass is 10.0. The minimum absolute atomic E-state index is 0.0918. The van der Waals surface area contributed by atoms with Crippen molar-refractivity contribution in [1.29, 1.82) is 0 Å². The molecule has 232 valence electrons. The summed E-state index contributed by atoms with van der Waals surface area (Å²) in [4.78, 5) is 77.3. The number of imide groups is 2. The molecule has 5 amide bonds. The van der Waals surface area contributed by atoms with Gasteiger partial charge in [0.25, 0.3) is 29.5 Å². The summed E-state index contributed by atoms with van der Waals surface area (Å²) in [6.07, 6.45) is 7.42. The maximum Gasteiger partial charge on any atom is 0.317 e. The van der Waals surface area contributed by atoms with Crippen LogP contribution >= 0.6 is 27.7 Å². The Morgan fingerprint density at radius 3 is 1.87 bits per heavy atom. The first-order chi connectivity index (χ1) is 21.6. The van der Waals surface area contributed by atoms with Crippen LogP contribution in [0.5, 0.6) is 0 Å². The molecule has 5 aliphatic rings. The van der Waals surface area contributed by atoms with Crippen LogP contribution in [0, 0.1) is 11.8 Å². The second-order valence-corrected chi connectivity index (χ2v) is 13.7. The van der Waals surface area contributed by atoms with Crippen LogP contribution in [-0.4, -0.2) is 84.8 Å². The number of aliphatic imine (C=N–C) groups is 1. The third kappa shape index (κ3) is 6.10. The Morgan fingerprint density at radius 2 is 1.40 bits per heavy atom. The van der Waals surface area contributed by atoms with Gasteiger partial charge in [-0.3, -0.25) is 38.6 Å². The van der Waals surface area contributed by atoms with E-state index >= 15 is 0 Å². The summed E-state index contributed by atoms with van der Waals surface area (Å²) in [5.74, 6) is -1.28. The Balaban J connectivity index is 0.000000173. The molecule has 2 N–H and O–H groups in total. The highest BCUT2D eigenvalue weighted by Gasteiger charge is 2.40. The first-order valence-corrected chi connectivity index (χ1v) is 16.4. The fourth-order valence-corrected chi connectivity index (χ4v) is 7.45. The van der Waals surface area contributed by atoms with E-state index < -0.39 is 10.8 Å². The van der Waals surface area contributed by atoms with Crippen molar-refractivity contribution in [1.82, 2.24) is 15.1 Å². The number of aliphatic carboxylic acids is 1. The van der Waals surface area contributed by atoms with E-state index in [1.807, 2.05) is 0 Å². The SMILES string of the molecule is O=C(O)C(Br)CCN1C(=O)c2ccccc2C1=O.O=C1N=C(NC2CC3C=CC2C3)SC1CCN1C(=O)c2ccccc2C1=O. The van der Waals surface area contributed by atoms with Gasteiger partial charge in [-0.15, -0.1) is 0 Å². The third-order valence-corrected chi connectivity index (χ3v) is 10.6. The molecule has 2 bridgehead atoms. The number of carbonyl (C=O) groups excluding carboxylic acids is 5. The van der Waals surface area contributed by atoms with E-state index in [4.69, 9.17) is 5.11 Å². The molecule has 5 atom stereocenters. The number of amidine groups is 1. The first kappa shape index (κ1) is 30.9. The number of carbonyl (C=O) groups is 6. The number of amides is 5. The number of alkyl halides is 1. The number of rotatable bonds is 8. The van der Waals surface area contributed by atoms with Gasteiger partial charge >= 0.3 is 5.97 Å². The monoisotopic (exact) mass is 692 g/mol. The number of fused-ring (bicyclic) bond motifs is 4. The van der Waals surface area contributed by atoms with Crippen molar-refractivity contribution in [2.24, 2.45) is 16.8 Å². The number of nitrogens with zero attached hydrogens (tertiary/aromatic N) is 3. The van der Waals surface area contributed by atoms with Crippen molar-refractivity contribution < 1.29 is 33.9 Å². The summed E-state index contributed by atoms with van der Waals surface area (Å²) in [5.41, 5.74) is 1.64. The molecule has 0 saturated heterocycles. The number of carboxylic acids is 1. The lowest BCUT2D eigenvalue weighted by molar-refractivity contribution is -0.136. The number of allylic oxidation sites excluding steroid dienone is 1. The molecule has 2 aromatic rings. The summed E-state index contributed by atoms with van der Waals surface area (Å²) >= 11 is 4.39. The van der Waals surface area contributed by atoms with E-state index in [1.165, 1.54) is 23.1 Å². The minimum Gasteiger partial charge on any atom is -0.480 e. The number of nitrogens with one attached hydrogen (secondary N) is 1. The normalized spacial score (nSPS) is 24.9. The van der Waals surface area contributed by atoms with E-state index in [2.05, 4.69) is 38.4 Å². The summed E-state index contributed by atoms with van der Waals surface area (Å²) < 4.78 is 0. The highest BCUT2D eigenvalue weighted by atomic mass is 79.9. The number of hydrogen-bond donors (Lipinski definition) is 2. The van der Waals surface area contributed by atoms with Gasteiger partial charge in [-0.05, 0) is 61.8 Å². The van der Waals surface area contributed by atoms with Gasteiger partial charge < -0.3 is 10.4 Å². The van der Waals surface area contributed by atoms with E-state index in [0.29, 0.717) is 51.7 Å². The van der Waals surface area contributed by atoms with Gasteiger partial charge in [0.05, 0.1) is 27.5 Å². The fourth-order valence-electron chi connectivity index (χ4n) is 6.23. The second kappa shape index (κ2) is 12.7. The van der Waals surface area contributed by atoms with Crippen molar-refractivity contribution in [3.63, 3.8) is 0 Å². The number of halogens is 1. The van der Waals surface area contributed by atoms with Crippen LogP contribution in [0.1, 0.15) is 67.1 Å². The summed E-state index contributed by atoms with van der Waals surface area (Å²) in [6, 6.07) is 13.8. The molecular formula is C32H29BrN4O7S. The van der Waals surface area contributed by atoms with E-state index in [0.717, 1.165) is 11.3 Å². The molecule has 0 aromatic heterocycles. The molecule has 5 unspecified atom stereocenters. The van der Waals surface area contributed by atoms with Gasteiger partial charge in [0.2, 0.25) is 0 Å². The van der Waals surface area contributed by atoms with Gasteiger partial charge in [0.15, 0.2) is 5.17 Å². The Bertz CT molecular complexity index is 1610. The number of thioether (sulfide) groups is 1. The summed E-state index contributed by atoms with van der Waals surface area (Å²) in [6.45, 7) is 0.323. The lowest BCUT2D eigenvalue weighted by Gasteiger charge is -2.20. The van der Waals surface area contributed by atoms with Crippen molar-refractivity contribution in [3.05, 3.63) is 82.9 Å². The molecular weight excluding hydrogens is 664 g/mol. The molecule has 2 aliphatic carbocycles. The predicted octanol–water partition coefficient (Wildman–Crippen LogP) is 3.75. The highest BCUT2D eigenvalue weighted by Crippen LogP contribution is 2.40. The number of carboxylic acid groups (broad SMARTS) is 1. The fraction of sp³-hybridized carbons (Fsp3) is 0.344. The summed E-state index contributed by atoms with van der Waals surface area (Å²) in [5, 5.41) is 12.5. The molecule has 0 radical (unpaired) electrons. The zero-order valence-electron chi connectivity index (χ0n) is 23.9. The molecule has 2 aromatic carbocycles. The van der Waals surface area contributed by atoms with Crippen molar-refractivity contribution in [2.75, 3.05) is 13.1 Å². The Hall–Kier alpha value is -4.10. The smallest absolute Gasteiger partial charge is 0.317 e. The van der Waals surface area contributed by atoms with Gasteiger partial charge in [0.1, 0.15) is 4.83 Å². The van der Waals surface area contributed by atoms with Crippen molar-refractivity contribution in [3.8, 4) is 0 Å². The maximum absolute atomic E-state index is 12.4. The highest BCUT2D eigenvalue weighted by molar-refractivity contribution is 9.10. The standard InChI is InChI=1S/C20H19N3O3S.C12H10BrNO4/c24-17-16(27-20(22-17)21-15-10-11-5-6-12(15)9-11)7-8-23-18(25)13-3-1-2-4-14(13)19(23)26;13-9(12(17)18)5-6-14-10(15)7-3-1-2-4-8(7)11(14)16/h1-6,11-12,15-16H,7-10H2,(H,21,22,24);1-4,9H,5-6H2,(H,17,18). The first-order valence-electron chi connectivity index (χ1n) is 14.6. The quantitative estimate of drug-likeness (QED) is 0.239. The summed E-state index contributed by atoms with van der Waals surface area (Å²) in [7, 11) is 0. The zero-order chi connectivity index (χ0) is 31.8. The molecule has 3 aliphatic heterocycles. The van der Waals surface area contributed by atoms with Gasteiger partial charge in [-0.1, -0.05) is 64.1 Å². The van der Waals surface area contributed by atoms with Crippen molar-refractivity contribution >= 4 is 68.4 Å². The average Bonchev–Trinajstić information content (AvgIpc) is 3.84. The van der Waals surface area contributed by atoms with Crippen LogP contribution in [0.2, 0.25) is 0 Å². The van der Waals surface area contributed by atoms with Crippen LogP contribution in [-0.2, 0) is 9.59 Å². The Labute approximate surface area is 271 Å². The van der Waals surface area contributed by atoms with Crippen LogP contribution in [0.15, 0.2) is 65.7 Å². The van der Waals surface area contributed by atoms with Crippen LogP contribution in [0.25, 0.3) is 0 Å². The Kier molecular flexibility index (Phi) is 8.74.